The van der Waals surface area contributed by atoms with Gasteiger partial charge in [-0.25, -0.2) is 14.4 Å². The molecule has 0 bridgehead atoms. The minimum absolute atomic E-state index is 0.0309. The predicted octanol–water partition coefficient (Wildman–Crippen LogP) is 1.09. The summed E-state index contributed by atoms with van der Waals surface area (Å²) in [6, 6.07) is 5.79. The smallest absolute Gasteiger partial charge is 0.293 e. The summed E-state index contributed by atoms with van der Waals surface area (Å²) in [5.41, 5.74) is 9.08. The zero-order valence-corrected chi connectivity index (χ0v) is 13.8. The third-order valence-corrected chi connectivity index (χ3v) is 3.39. The van der Waals surface area contributed by atoms with Gasteiger partial charge in [0.2, 0.25) is 11.6 Å². The molecule has 10 nitrogen and oxygen atoms in total. The van der Waals surface area contributed by atoms with Crippen LogP contribution < -0.4 is 11.2 Å². The maximum absolute atomic E-state index is 13.1. The summed E-state index contributed by atoms with van der Waals surface area (Å²) in [6.45, 7) is 1.94. The third kappa shape index (κ3) is 3.55. The van der Waals surface area contributed by atoms with Crippen molar-refractivity contribution in [1.29, 1.82) is 0 Å². The molecular formula is C15H15FN8O2. The fourth-order valence-electron chi connectivity index (χ4n) is 2.25. The molecule has 0 aliphatic rings. The van der Waals surface area contributed by atoms with E-state index >= 15 is 0 Å². The first-order valence-corrected chi connectivity index (χ1v) is 7.72. The molecule has 2 heterocycles. The maximum atomic E-state index is 13.1. The summed E-state index contributed by atoms with van der Waals surface area (Å²) >= 11 is 0. The highest BCUT2D eigenvalue weighted by atomic mass is 19.1. The van der Waals surface area contributed by atoms with Gasteiger partial charge in [0.25, 0.3) is 5.91 Å². The van der Waals surface area contributed by atoms with E-state index in [1.165, 1.54) is 23.0 Å². The molecule has 0 aliphatic heterocycles. The topological polar surface area (TPSA) is 137 Å². The molecule has 0 radical (unpaired) electrons. The zero-order valence-electron chi connectivity index (χ0n) is 13.8. The fraction of sp³-hybridized carbons (Fsp3) is 0.200. The second kappa shape index (κ2) is 7.51. The monoisotopic (exact) mass is 358 g/mol. The summed E-state index contributed by atoms with van der Waals surface area (Å²) < 4.78 is 19.0. The van der Waals surface area contributed by atoms with Crippen molar-refractivity contribution in [2.24, 2.45) is 5.10 Å². The molecule has 2 aromatic heterocycles. The van der Waals surface area contributed by atoms with Crippen molar-refractivity contribution in [3.8, 4) is 5.82 Å². The van der Waals surface area contributed by atoms with Crippen LogP contribution >= 0.6 is 0 Å². The minimum Gasteiger partial charge on any atom is -0.378 e. The molecule has 1 amide bonds. The minimum atomic E-state index is -0.567. The highest BCUT2D eigenvalue weighted by Crippen LogP contribution is 2.17. The molecule has 11 heteroatoms. The quantitative estimate of drug-likeness (QED) is 0.497. The average Bonchev–Trinajstić information content (AvgIpc) is 3.21. The van der Waals surface area contributed by atoms with Crippen molar-refractivity contribution in [2.75, 3.05) is 5.73 Å². The first kappa shape index (κ1) is 17.2. The second-order valence-electron chi connectivity index (χ2n) is 5.27. The van der Waals surface area contributed by atoms with Crippen molar-refractivity contribution in [3.63, 3.8) is 0 Å². The third-order valence-electron chi connectivity index (χ3n) is 3.39. The summed E-state index contributed by atoms with van der Waals surface area (Å²) in [6.07, 6.45) is 2.55. The first-order valence-electron chi connectivity index (χ1n) is 7.72. The molecule has 0 saturated heterocycles. The van der Waals surface area contributed by atoms with Crippen LogP contribution in [0.2, 0.25) is 0 Å². The number of hydrogen-bond donors (Lipinski definition) is 2. The maximum Gasteiger partial charge on any atom is 0.293 e. The van der Waals surface area contributed by atoms with Gasteiger partial charge in [-0.1, -0.05) is 30.7 Å². The van der Waals surface area contributed by atoms with E-state index in [0.717, 1.165) is 6.42 Å². The van der Waals surface area contributed by atoms with Gasteiger partial charge in [0, 0.05) is 0 Å². The number of amides is 1. The summed E-state index contributed by atoms with van der Waals surface area (Å²) in [5, 5.41) is 18.7. The van der Waals surface area contributed by atoms with E-state index in [1.54, 1.807) is 12.1 Å². The van der Waals surface area contributed by atoms with Crippen LogP contribution in [0.25, 0.3) is 5.82 Å². The van der Waals surface area contributed by atoms with Crippen molar-refractivity contribution >= 4 is 17.9 Å². The van der Waals surface area contributed by atoms with Crippen LogP contribution in [0.1, 0.15) is 35.1 Å². The van der Waals surface area contributed by atoms with Crippen LogP contribution in [0.15, 0.2) is 34.0 Å². The Morgan fingerprint density at radius 2 is 2.31 bits per heavy atom. The van der Waals surface area contributed by atoms with Crippen LogP contribution in [-0.4, -0.2) is 37.4 Å². The van der Waals surface area contributed by atoms with Crippen LogP contribution in [0.3, 0.4) is 0 Å². The number of nitrogen functional groups attached to an aromatic ring is 1. The van der Waals surface area contributed by atoms with Gasteiger partial charge < -0.3 is 5.73 Å². The van der Waals surface area contributed by atoms with Crippen LogP contribution in [0.4, 0.5) is 10.2 Å². The molecule has 134 valence electrons. The van der Waals surface area contributed by atoms with Crippen molar-refractivity contribution < 1.29 is 13.8 Å². The van der Waals surface area contributed by atoms with E-state index < -0.39 is 11.7 Å². The lowest BCUT2D eigenvalue weighted by Gasteiger charge is -2.03. The van der Waals surface area contributed by atoms with E-state index in [4.69, 9.17) is 5.73 Å². The van der Waals surface area contributed by atoms with E-state index in [9.17, 15) is 9.18 Å². The molecule has 0 atom stereocenters. The highest BCUT2D eigenvalue weighted by molar-refractivity contribution is 5.94. The number of aromatic nitrogens is 5. The van der Waals surface area contributed by atoms with Gasteiger partial charge in [0.1, 0.15) is 5.82 Å². The molecule has 0 unspecified atom stereocenters. The summed E-state index contributed by atoms with van der Waals surface area (Å²) in [4.78, 5) is 12.4. The van der Waals surface area contributed by atoms with Crippen LogP contribution in [0.5, 0.6) is 0 Å². The Hall–Kier alpha value is -3.63. The number of hydrogen-bond acceptors (Lipinski definition) is 8. The molecular weight excluding hydrogens is 343 g/mol. The SMILES string of the molecule is CCCc1c(C(=O)N/N=C\c2cccc(F)c2)nnn1-c1nonc1N. The van der Waals surface area contributed by atoms with Crippen molar-refractivity contribution in [1.82, 2.24) is 30.7 Å². The molecule has 1 aromatic carbocycles. The molecule has 0 aliphatic carbocycles. The van der Waals surface area contributed by atoms with Gasteiger partial charge in [-0.3, -0.25) is 4.79 Å². The molecule has 3 rings (SSSR count). The lowest BCUT2D eigenvalue weighted by atomic mass is 10.2. The molecule has 0 fully saturated rings. The number of hydrazone groups is 1. The average molecular weight is 358 g/mol. The van der Waals surface area contributed by atoms with Gasteiger partial charge in [-0.15, -0.1) is 5.10 Å². The lowest BCUT2D eigenvalue weighted by molar-refractivity contribution is 0.0949. The molecule has 3 aromatic rings. The second-order valence-corrected chi connectivity index (χ2v) is 5.27. The van der Waals surface area contributed by atoms with Gasteiger partial charge in [-0.05, 0) is 34.4 Å². The largest absolute Gasteiger partial charge is 0.378 e. The Morgan fingerprint density at radius 3 is 3.00 bits per heavy atom. The Bertz CT molecular complexity index is 949. The Morgan fingerprint density at radius 1 is 1.46 bits per heavy atom. The highest BCUT2D eigenvalue weighted by Gasteiger charge is 2.23. The van der Waals surface area contributed by atoms with E-state index in [2.05, 4.69) is 35.8 Å². The number of carbonyl (C=O) groups excluding carboxylic acids is 1. The van der Waals surface area contributed by atoms with Crippen LogP contribution in [-0.2, 0) is 6.42 Å². The number of halogens is 1. The Labute approximate surface area is 146 Å². The van der Waals surface area contributed by atoms with Gasteiger partial charge in [0.15, 0.2) is 5.69 Å². The first-order chi connectivity index (χ1) is 12.6. The van der Waals surface area contributed by atoms with Crippen molar-refractivity contribution in [2.45, 2.75) is 19.8 Å². The Balaban J connectivity index is 1.81. The zero-order chi connectivity index (χ0) is 18.5. The number of anilines is 1. The molecule has 26 heavy (non-hydrogen) atoms. The summed E-state index contributed by atoms with van der Waals surface area (Å²) in [7, 11) is 0. The van der Waals surface area contributed by atoms with Gasteiger partial charge >= 0.3 is 0 Å². The number of nitrogens with one attached hydrogen (secondary N) is 1. The van der Waals surface area contributed by atoms with Gasteiger partial charge in [0.05, 0.1) is 11.9 Å². The normalized spacial score (nSPS) is 11.2. The van der Waals surface area contributed by atoms with E-state index in [-0.39, 0.29) is 17.3 Å². The predicted molar refractivity (Wildman–Crippen MR) is 89.1 cm³/mol. The van der Waals surface area contributed by atoms with Crippen molar-refractivity contribution in [3.05, 3.63) is 47.0 Å². The summed E-state index contributed by atoms with van der Waals surface area (Å²) in [5.74, 6) is -0.777. The molecule has 0 spiro atoms. The lowest BCUT2D eigenvalue weighted by Crippen LogP contribution is -2.20. The standard InChI is InChI=1S/C15H15FN8O2/c1-2-4-11-12(19-23-24(11)14-13(17)21-26-22-14)15(25)20-18-8-9-5-3-6-10(16)7-9/h3,5-8H,2,4H2,1H3,(H2,17,21)(H,20,25)/b18-8-. The number of benzene rings is 1. The van der Waals surface area contributed by atoms with Crippen LogP contribution in [0, 0.1) is 5.82 Å². The number of rotatable bonds is 6. The number of nitrogens with two attached hydrogens (primary N) is 1. The number of carbonyl (C=O) groups is 1. The fourth-order valence-corrected chi connectivity index (χ4v) is 2.25. The molecule has 3 N–H and O–H groups in total. The number of nitrogens with zero attached hydrogens (tertiary/aromatic N) is 6. The van der Waals surface area contributed by atoms with E-state index in [0.29, 0.717) is 17.7 Å². The Kier molecular flexibility index (Phi) is 4.97. The molecule has 0 saturated carbocycles. The van der Waals surface area contributed by atoms with E-state index in [1.807, 2.05) is 6.92 Å². The van der Waals surface area contributed by atoms with Gasteiger partial charge in [-0.2, -0.15) is 9.78 Å².